The van der Waals surface area contributed by atoms with Crippen molar-refractivity contribution in [1.29, 1.82) is 0 Å². The molecule has 0 saturated heterocycles. The second kappa shape index (κ2) is 5.80. The van der Waals surface area contributed by atoms with Crippen LogP contribution in [0.4, 0.5) is 0 Å². The Hall–Kier alpha value is -1.38. The summed E-state index contributed by atoms with van der Waals surface area (Å²) in [6, 6.07) is 11.9. The van der Waals surface area contributed by atoms with Gasteiger partial charge in [0.25, 0.3) is 0 Å². The van der Waals surface area contributed by atoms with Crippen LogP contribution in [0.5, 0.6) is 0 Å². The molecule has 0 atom stereocenters. The lowest BCUT2D eigenvalue weighted by molar-refractivity contribution is 0.727. The van der Waals surface area contributed by atoms with E-state index in [2.05, 4.69) is 23.3 Å². The summed E-state index contributed by atoms with van der Waals surface area (Å²) in [4.78, 5) is 4.34. The highest BCUT2D eigenvalue weighted by Gasteiger charge is 2.04. The van der Waals surface area contributed by atoms with E-state index in [1.54, 1.807) is 6.20 Å². The number of hydrogen-bond acceptors (Lipinski definition) is 2. The summed E-state index contributed by atoms with van der Waals surface area (Å²) in [5, 5.41) is 4.08. The molecular formula is C14H15ClN2. The van der Waals surface area contributed by atoms with E-state index in [1.165, 1.54) is 0 Å². The van der Waals surface area contributed by atoms with Crippen molar-refractivity contribution < 1.29 is 0 Å². The van der Waals surface area contributed by atoms with Gasteiger partial charge in [-0.1, -0.05) is 30.7 Å². The molecule has 0 aliphatic rings. The highest BCUT2D eigenvalue weighted by atomic mass is 35.5. The van der Waals surface area contributed by atoms with E-state index >= 15 is 0 Å². The number of halogens is 1. The van der Waals surface area contributed by atoms with Crippen molar-refractivity contribution in [1.82, 2.24) is 10.3 Å². The Morgan fingerprint density at radius 3 is 2.82 bits per heavy atom. The summed E-state index contributed by atoms with van der Waals surface area (Å²) < 4.78 is 0. The first-order chi connectivity index (χ1) is 8.31. The second-order valence-corrected chi connectivity index (χ2v) is 4.21. The summed E-state index contributed by atoms with van der Waals surface area (Å²) in [5.74, 6) is 0. The minimum atomic E-state index is 0.788. The maximum Gasteiger partial charge on any atom is 0.0702 e. The Morgan fingerprint density at radius 1 is 1.24 bits per heavy atom. The number of rotatable bonds is 4. The van der Waals surface area contributed by atoms with E-state index in [1.807, 2.05) is 30.3 Å². The van der Waals surface area contributed by atoms with Crippen LogP contribution in [0.3, 0.4) is 0 Å². The monoisotopic (exact) mass is 246 g/mol. The van der Waals surface area contributed by atoms with Gasteiger partial charge in [-0.05, 0) is 36.4 Å². The summed E-state index contributed by atoms with van der Waals surface area (Å²) in [6.07, 6.45) is 1.80. The van der Waals surface area contributed by atoms with Gasteiger partial charge in [0.1, 0.15) is 0 Å². The summed E-state index contributed by atoms with van der Waals surface area (Å²) in [7, 11) is 0. The number of nitrogens with zero attached hydrogens (tertiary/aromatic N) is 1. The summed E-state index contributed by atoms with van der Waals surface area (Å²) in [5.41, 5.74) is 3.18. The average Bonchev–Trinajstić information content (AvgIpc) is 2.39. The van der Waals surface area contributed by atoms with Gasteiger partial charge >= 0.3 is 0 Å². The van der Waals surface area contributed by atoms with Crippen molar-refractivity contribution in [3.8, 4) is 11.3 Å². The summed E-state index contributed by atoms with van der Waals surface area (Å²) in [6.45, 7) is 3.80. The molecule has 0 spiro atoms. The standard InChI is InChI=1S/C14H15ClN2/c1-2-16-10-12-9-11(6-7-13(12)15)14-5-3-4-8-17-14/h3-9,16H,2,10H2,1H3. The minimum absolute atomic E-state index is 0.788. The SMILES string of the molecule is CCNCc1cc(-c2ccccn2)ccc1Cl. The number of benzene rings is 1. The molecule has 0 radical (unpaired) electrons. The Morgan fingerprint density at radius 2 is 2.12 bits per heavy atom. The molecular weight excluding hydrogens is 232 g/mol. The van der Waals surface area contributed by atoms with E-state index in [9.17, 15) is 0 Å². The first kappa shape index (κ1) is 12.1. The van der Waals surface area contributed by atoms with Crippen molar-refractivity contribution in [2.75, 3.05) is 6.54 Å². The van der Waals surface area contributed by atoms with Gasteiger partial charge in [0.15, 0.2) is 0 Å². The van der Waals surface area contributed by atoms with Crippen LogP contribution in [-0.2, 0) is 6.54 Å². The Labute approximate surface area is 107 Å². The highest BCUT2D eigenvalue weighted by Crippen LogP contribution is 2.23. The van der Waals surface area contributed by atoms with Crippen LogP contribution < -0.4 is 5.32 Å². The van der Waals surface area contributed by atoms with Gasteiger partial charge in [0, 0.05) is 23.3 Å². The van der Waals surface area contributed by atoms with E-state index in [0.717, 1.165) is 34.9 Å². The molecule has 17 heavy (non-hydrogen) atoms. The van der Waals surface area contributed by atoms with Crippen LogP contribution in [0.1, 0.15) is 12.5 Å². The van der Waals surface area contributed by atoms with Crippen LogP contribution in [0.2, 0.25) is 5.02 Å². The topological polar surface area (TPSA) is 24.9 Å². The van der Waals surface area contributed by atoms with Crippen molar-refractivity contribution >= 4 is 11.6 Å². The Kier molecular flexibility index (Phi) is 4.13. The maximum atomic E-state index is 6.16. The number of hydrogen-bond donors (Lipinski definition) is 1. The molecule has 2 aromatic rings. The van der Waals surface area contributed by atoms with Gasteiger partial charge in [-0.2, -0.15) is 0 Å². The fraction of sp³-hybridized carbons (Fsp3) is 0.214. The predicted molar refractivity (Wildman–Crippen MR) is 72.1 cm³/mol. The Bertz CT molecular complexity index is 483. The molecule has 0 fully saturated rings. The molecule has 1 aromatic heterocycles. The number of aromatic nitrogens is 1. The summed E-state index contributed by atoms with van der Waals surface area (Å²) >= 11 is 6.16. The number of pyridine rings is 1. The quantitative estimate of drug-likeness (QED) is 0.893. The number of nitrogens with one attached hydrogen (secondary N) is 1. The zero-order chi connectivity index (χ0) is 12.1. The molecule has 2 rings (SSSR count). The molecule has 0 amide bonds. The fourth-order valence-electron chi connectivity index (χ4n) is 1.66. The lowest BCUT2D eigenvalue weighted by Crippen LogP contribution is -2.12. The van der Waals surface area contributed by atoms with Gasteiger partial charge in [0.2, 0.25) is 0 Å². The van der Waals surface area contributed by atoms with Gasteiger partial charge in [-0.3, -0.25) is 4.98 Å². The molecule has 1 aromatic carbocycles. The molecule has 2 nitrogen and oxygen atoms in total. The molecule has 0 unspecified atom stereocenters. The van der Waals surface area contributed by atoms with Crippen LogP contribution >= 0.6 is 11.6 Å². The van der Waals surface area contributed by atoms with Crippen molar-refractivity contribution in [2.24, 2.45) is 0 Å². The predicted octanol–water partition coefficient (Wildman–Crippen LogP) is 3.51. The molecule has 3 heteroatoms. The van der Waals surface area contributed by atoms with Crippen LogP contribution in [0.15, 0.2) is 42.6 Å². The van der Waals surface area contributed by atoms with Crippen molar-refractivity contribution in [3.63, 3.8) is 0 Å². The normalized spacial score (nSPS) is 10.5. The molecule has 0 aliphatic heterocycles. The maximum absolute atomic E-state index is 6.16. The fourth-order valence-corrected chi connectivity index (χ4v) is 1.85. The lowest BCUT2D eigenvalue weighted by Gasteiger charge is -2.07. The third-order valence-electron chi connectivity index (χ3n) is 2.57. The Balaban J connectivity index is 2.31. The molecule has 0 bridgehead atoms. The molecule has 0 aliphatic carbocycles. The molecule has 1 N–H and O–H groups in total. The highest BCUT2D eigenvalue weighted by molar-refractivity contribution is 6.31. The first-order valence-electron chi connectivity index (χ1n) is 5.72. The smallest absolute Gasteiger partial charge is 0.0702 e. The van der Waals surface area contributed by atoms with Crippen LogP contribution in [-0.4, -0.2) is 11.5 Å². The second-order valence-electron chi connectivity index (χ2n) is 3.80. The zero-order valence-corrected chi connectivity index (χ0v) is 10.5. The molecule has 0 saturated carbocycles. The van der Waals surface area contributed by atoms with Gasteiger partial charge < -0.3 is 5.32 Å². The zero-order valence-electron chi connectivity index (χ0n) is 9.78. The van der Waals surface area contributed by atoms with E-state index < -0.39 is 0 Å². The van der Waals surface area contributed by atoms with E-state index in [4.69, 9.17) is 11.6 Å². The third-order valence-corrected chi connectivity index (χ3v) is 2.94. The van der Waals surface area contributed by atoms with Gasteiger partial charge in [-0.15, -0.1) is 0 Å². The van der Waals surface area contributed by atoms with Gasteiger partial charge in [-0.25, -0.2) is 0 Å². The molecule has 88 valence electrons. The first-order valence-corrected chi connectivity index (χ1v) is 6.09. The molecule has 1 heterocycles. The third kappa shape index (κ3) is 3.05. The van der Waals surface area contributed by atoms with E-state index in [-0.39, 0.29) is 0 Å². The lowest BCUT2D eigenvalue weighted by atomic mass is 10.1. The average molecular weight is 247 g/mol. The van der Waals surface area contributed by atoms with Crippen LogP contribution in [0.25, 0.3) is 11.3 Å². The van der Waals surface area contributed by atoms with Crippen molar-refractivity contribution in [3.05, 3.63) is 53.2 Å². The van der Waals surface area contributed by atoms with Gasteiger partial charge in [0.05, 0.1) is 5.69 Å². The minimum Gasteiger partial charge on any atom is -0.313 e. The van der Waals surface area contributed by atoms with Crippen molar-refractivity contribution in [2.45, 2.75) is 13.5 Å². The van der Waals surface area contributed by atoms with Crippen LogP contribution in [0, 0.1) is 0 Å². The van der Waals surface area contributed by atoms with E-state index in [0.29, 0.717) is 0 Å². The largest absolute Gasteiger partial charge is 0.313 e.